The van der Waals surface area contributed by atoms with Gasteiger partial charge in [-0.05, 0) is 12.8 Å². The second kappa shape index (κ2) is 4.21. The molecular weight excluding hydrogens is 192 g/mol. The van der Waals surface area contributed by atoms with Gasteiger partial charge >= 0.3 is 5.97 Å². The number of hydrogen-bond acceptors (Lipinski definition) is 3. The smallest absolute Gasteiger partial charge is 0.307 e. The minimum absolute atomic E-state index is 0.0363. The van der Waals surface area contributed by atoms with Crippen molar-refractivity contribution in [2.75, 3.05) is 6.61 Å². The number of esters is 1. The SMILES string of the molecule is CCOC(=O)CC(N)C1CC(F)(F)C1. The number of halogens is 2. The highest BCUT2D eigenvalue weighted by Crippen LogP contribution is 2.44. The molecule has 0 aromatic carbocycles. The summed E-state index contributed by atoms with van der Waals surface area (Å²) in [5, 5.41) is 0. The van der Waals surface area contributed by atoms with Crippen molar-refractivity contribution in [1.29, 1.82) is 0 Å². The summed E-state index contributed by atoms with van der Waals surface area (Å²) in [6.45, 7) is 1.99. The number of carbonyl (C=O) groups is 1. The molecule has 1 saturated carbocycles. The fourth-order valence-electron chi connectivity index (χ4n) is 1.59. The average molecular weight is 207 g/mol. The van der Waals surface area contributed by atoms with Crippen LogP contribution in [0.4, 0.5) is 8.78 Å². The molecule has 1 unspecified atom stereocenters. The summed E-state index contributed by atoms with van der Waals surface area (Å²) in [6.07, 6.45) is -0.365. The molecule has 0 spiro atoms. The van der Waals surface area contributed by atoms with Gasteiger partial charge in [0.2, 0.25) is 5.92 Å². The Morgan fingerprint density at radius 3 is 2.64 bits per heavy atom. The van der Waals surface area contributed by atoms with Crippen molar-refractivity contribution in [3.63, 3.8) is 0 Å². The molecule has 0 heterocycles. The summed E-state index contributed by atoms with van der Waals surface area (Å²) in [6, 6.07) is -0.492. The monoisotopic (exact) mass is 207 g/mol. The van der Waals surface area contributed by atoms with E-state index in [1.165, 1.54) is 0 Å². The molecule has 0 aromatic rings. The number of alkyl halides is 2. The van der Waals surface area contributed by atoms with E-state index < -0.39 is 17.9 Å². The van der Waals surface area contributed by atoms with Gasteiger partial charge in [0.1, 0.15) is 0 Å². The standard InChI is InChI=1S/C9H15F2NO2/c1-2-14-8(13)3-7(12)6-4-9(10,11)5-6/h6-7H,2-5,12H2,1H3. The van der Waals surface area contributed by atoms with E-state index >= 15 is 0 Å². The van der Waals surface area contributed by atoms with E-state index in [0.717, 1.165) is 0 Å². The van der Waals surface area contributed by atoms with Crippen LogP contribution in [0.5, 0.6) is 0 Å². The summed E-state index contributed by atoms with van der Waals surface area (Å²) in [5.74, 6) is -3.22. The summed E-state index contributed by atoms with van der Waals surface area (Å²) >= 11 is 0. The highest BCUT2D eigenvalue weighted by atomic mass is 19.3. The van der Waals surface area contributed by atoms with Crippen molar-refractivity contribution in [3.05, 3.63) is 0 Å². The Morgan fingerprint density at radius 1 is 1.64 bits per heavy atom. The lowest BCUT2D eigenvalue weighted by Crippen LogP contribution is -2.46. The number of ether oxygens (including phenoxy) is 1. The quantitative estimate of drug-likeness (QED) is 0.707. The average Bonchev–Trinajstić information content (AvgIpc) is 2.00. The first-order chi connectivity index (χ1) is 6.44. The van der Waals surface area contributed by atoms with Crippen LogP contribution in [-0.4, -0.2) is 24.5 Å². The summed E-state index contributed by atoms with van der Waals surface area (Å²) < 4.78 is 29.6. The molecule has 0 radical (unpaired) electrons. The molecule has 14 heavy (non-hydrogen) atoms. The first-order valence-corrected chi connectivity index (χ1v) is 4.73. The van der Waals surface area contributed by atoms with Gasteiger partial charge in [-0.3, -0.25) is 4.79 Å². The van der Waals surface area contributed by atoms with Crippen LogP contribution in [0.15, 0.2) is 0 Å². The van der Waals surface area contributed by atoms with Gasteiger partial charge < -0.3 is 10.5 Å². The molecule has 1 fully saturated rings. The van der Waals surface area contributed by atoms with Crippen LogP contribution < -0.4 is 5.73 Å². The van der Waals surface area contributed by atoms with Crippen LogP contribution in [-0.2, 0) is 9.53 Å². The third-order valence-electron chi connectivity index (χ3n) is 2.43. The molecule has 3 nitrogen and oxygen atoms in total. The van der Waals surface area contributed by atoms with Crippen LogP contribution in [0.3, 0.4) is 0 Å². The Morgan fingerprint density at radius 2 is 2.21 bits per heavy atom. The number of nitrogens with two attached hydrogens (primary N) is 1. The Balaban J connectivity index is 2.23. The zero-order chi connectivity index (χ0) is 10.8. The second-order valence-corrected chi connectivity index (χ2v) is 3.70. The lowest BCUT2D eigenvalue weighted by molar-refractivity contribution is -0.147. The van der Waals surface area contributed by atoms with Crippen LogP contribution in [0.25, 0.3) is 0 Å². The Bertz CT molecular complexity index is 213. The molecule has 1 atom stereocenters. The molecule has 2 N–H and O–H groups in total. The lowest BCUT2D eigenvalue weighted by Gasteiger charge is -2.38. The van der Waals surface area contributed by atoms with Crippen LogP contribution in [0, 0.1) is 5.92 Å². The van der Waals surface area contributed by atoms with Crippen molar-refractivity contribution >= 4 is 5.97 Å². The van der Waals surface area contributed by atoms with E-state index in [1.807, 2.05) is 0 Å². The predicted molar refractivity (Wildman–Crippen MR) is 46.9 cm³/mol. The Hall–Kier alpha value is -0.710. The van der Waals surface area contributed by atoms with Gasteiger partial charge in [-0.1, -0.05) is 0 Å². The predicted octanol–water partition coefficient (Wildman–Crippen LogP) is 1.31. The molecule has 0 saturated heterocycles. The van der Waals surface area contributed by atoms with Crippen molar-refractivity contribution in [3.8, 4) is 0 Å². The zero-order valence-corrected chi connectivity index (χ0v) is 8.13. The highest BCUT2D eigenvalue weighted by molar-refractivity contribution is 5.70. The third kappa shape index (κ3) is 2.90. The second-order valence-electron chi connectivity index (χ2n) is 3.70. The van der Waals surface area contributed by atoms with Gasteiger partial charge in [-0.25, -0.2) is 8.78 Å². The minimum atomic E-state index is -2.57. The molecule has 1 aliphatic carbocycles. The zero-order valence-electron chi connectivity index (χ0n) is 8.13. The molecular formula is C9H15F2NO2. The molecule has 5 heteroatoms. The summed E-state index contributed by atoms with van der Waals surface area (Å²) in [4.78, 5) is 11.0. The normalized spacial score (nSPS) is 22.6. The van der Waals surface area contributed by atoms with E-state index in [2.05, 4.69) is 4.74 Å². The van der Waals surface area contributed by atoms with Crippen LogP contribution in [0.1, 0.15) is 26.2 Å². The molecule has 1 aliphatic rings. The van der Waals surface area contributed by atoms with Crippen molar-refractivity contribution in [2.45, 2.75) is 38.2 Å². The fraction of sp³-hybridized carbons (Fsp3) is 0.889. The lowest BCUT2D eigenvalue weighted by atomic mass is 9.76. The van der Waals surface area contributed by atoms with Crippen molar-refractivity contribution < 1.29 is 18.3 Å². The van der Waals surface area contributed by atoms with Crippen molar-refractivity contribution in [1.82, 2.24) is 0 Å². The fourth-order valence-corrected chi connectivity index (χ4v) is 1.59. The van der Waals surface area contributed by atoms with Crippen LogP contribution >= 0.6 is 0 Å². The minimum Gasteiger partial charge on any atom is -0.466 e. The maximum Gasteiger partial charge on any atom is 0.307 e. The number of carbonyl (C=O) groups excluding carboxylic acids is 1. The van der Waals surface area contributed by atoms with Gasteiger partial charge in [0.25, 0.3) is 0 Å². The van der Waals surface area contributed by atoms with Gasteiger partial charge in [0.05, 0.1) is 13.0 Å². The first-order valence-electron chi connectivity index (χ1n) is 4.73. The van der Waals surface area contributed by atoms with E-state index in [0.29, 0.717) is 6.61 Å². The molecule has 82 valence electrons. The maximum absolute atomic E-state index is 12.5. The number of rotatable bonds is 4. The van der Waals surface area contributed by atoms with Crippen LogP contribution in [0.2, 0.25) is 0 Å². The van der Waals surface area contributed by atoms with E-state index in [1.54, 1.807) is 6.92 Å². The van der Waals surface area contributed by atoms with Gasteiger partial charge in [-0.15, -0.1) is 0 Å². The van der Waals surface area contributed by atoms with Gasteiger partial charge in [0.15, 0.2) is 0 Å². The molecule has 0 aliphatic heterocycles. The van der Waals surface area contributed by atoms with Gasteiger partial charge in [0, 0.05) is 18.9 Å². The molecule has 0 bridgehead atoms. The highest BCUT2D eigenvalue weighted by Gasteiger charge is 2.47. The largest absolute Gasteiger partial charge is 0.466 e. The molecule has 0 aromatic heterocycles. The Kier molecular flexibility index (Phi) is 3.42. The summed E-state index contributed by atoms with van der Waals surface area (Å²) in [7, 11) is 0. The molecule has 0 amide bonds. The maximum atomic E-state index is 12.5. The summed E-state index contributed by atoms with van der Waals surface area (Å²) in [5.41, 5.74) is 5.60. The number of hydrogen-bond donors (Lipinski definition) is 1. The molecule has 1 rings (SSSR count). The third-order valence-corrected chi connectivity index (χ3v) is 2.43. The van der Waals surface area contributed by atoms with Crippen molar-refractivity contribution in [2.24, 2.45) is 11.7 Å². The van der Waals surface area contributed by atoms with E-state index in [-0.39, 0.29) is 25.2 Å². The first kappa shape index (κ1) is 11.4. The van der Waals surface area contributed by atoms with E-state index in [9.17, 15) is 13.6 Å². The van der Waals surface area contributed by atoms with Gasteiger partial charge in [-0.2, -0.15) is 0 Å². The Labute approximate surface area is 81.6 Å². The topological polar surface area (TPSA) is 52.3 Å². The van der Waals surface area contributed by atoms with E-state index in [4.69, 9.17) is 5.73 Å².